The van der Waals surface area contributed by atoms with Crippen LogP contribution in [-0.4, -0.2) is 16.2 Å². The maximum absolute atomic E-state index is 5.70. The van der Waals surface area contributed by atoms with E-state index in [2.05, 4.69) is 26.1 Å². The topological polar surface area (TPSA) is 64.9 Å². The summed E-state index contributed by atoms with van der Waals surface area (Å²) in [6.45, 7) is 3.99. The molecular weight excluding hydrogens is 294 g/mol. The van der Waals surface area contributed by atoms with Gasteiger partial charge in [-0.3, -0.25) is 0 Å². The summed E-state index contributed by atoms with van der Waals surface area (Å²) >= 11 is 3.44. The number of halogens is 1. The molecule has 0 amide bonds. The lowest BCUT2D eigenvalue weighted by Gasteiger charge is -2.01. The van der Waals surface area contributed by atoms with Gasteiger partial charge in [-0.1, -0.05) is 21.1 Å². The van der Waals surface area contributed by atoms with Crippen LogP contribution in [0.4, 0.5) is 0 Å². The number of rotatable bonds is 4. The maximum atomic E-state index is 5.70. The minimum atomic E-state index is 0.148. The second-order valence-corrected chi connectivity index (χ2v) is 5.40. The quantitative estimate of drug-likeness (QED) is 0.942. The van der Waals surface area contributed by atoms with E-state index in [9.17, 15) is 0 Å². The molecule has 0 aliphatic carbocycles. The van der Waals surface area contributed by atoms with E-state index in [1.165, 1.54) is 0 Å². The number of aromatic nitrogens is 2. The summed E-state index contributed by atoms with van der Waals surface area (Å²) in [4.78, 5) is 4.39. The predicted octanol–water partition coefficient (Wildman–Crippen LogP) is 3.09. The highest BCUT2D eigenvalue weighted by Crippen LogP contribution is 2.24. The van der Waals surface area contributed by atoms with E-state index < -0.39 is 0 Å². The summed E-state index contributed by atoms with van der Waals surface area (Å²) in [5.74, 6) is 1.28. The minimum Gasteiger partial charge on any atom is -0.339 e. The van der Waals surface area contributed by atoms with Crippen LogP contribution in [-0.2, 0) is 6.42 Å². The molecule has 96 valence electrons. The molecule has 18 heavy (non-hydrogen) atoms. The van der Waals surface area contributed by atoms with Crippen LogP contribution in [0.5, 0.6) is 0 Å². The Morgan fingerprint density at radius 1 is 1.44 bits per heavy atom. The van der Waals surface area contributed by atoms with Gasteiger partial charge in [-0.25, -0.2) is 0 Å². The molecule has 1 aromatic heterocycles. The Hall–Kier alpha value is -1.20. The molecule has 0 bridgehead atoms. The van der Waals surface area contributed by atoms with Crippen molar-refractivity contribution in [1.29, 1.82) is 0 Å². The van der Waals surface area contributed by atoms with Gasteiger partial charge in [0.05, 0.1) is 0 Å². The second-order valence-electron chi connectivity index (χ2n) is 4.49. The molecule has 4 nitrogen and oxygen atoms in total. The highest BCUT2D eigenvalue weighted by molar-refractivity contribution is 9.10. The fraction of sp³-hybridized carbons (Fsp3) is 0.385. The van der Waals surface area contributed by atoms with Gasteiger partial charge in [0.1, 0.15) is 0 Å². The molecule has 1 atom stereocenters. The molecule has 2 aromatic rings. The molecule has 0 aliphatic rings. The van der Waals surface area contributed by atoms with Gasteiger partial charge in [0.25, 0.3) is 0 Å². The third kappa shape index (κ3) is 3.17. The molecule has 0 saturated heterocycles. The first-order valence-electron chi connectivity index (χ1n) is 5.91. The van der Waals surface area contributed by atoms with E-state index in [0.29, 0.717) is 11.7 Å². The van der Waals surface area contributed by atoms with E-state index in [-0.39, 0.29) is 6.04 Å². The Morgan fingerprint density at radius 2 is 2.22 bits per heavy atom. The van der Waals surface area contributed by atoms with Crippen molar-refractivity contribution in [2.24, 2.45) is 5.73 Å². The summed E-state index contributed by atoms with van der Waals surface area (Å²) < 4.78 is 6.27. The Bertz CT molecular complexity index is 537. The number of hydrogen-bond acceptors (Lipinski definition) is 4. The van der Waals surface area contributed by atoms with Crippen molar-refractivity contribution < 1.29 is 4.52 Å². The Morgan fingerprint density at radius 3 is 2.89 bits per heavy atom. The molecular formula is C13H16BrN3O. The molecule has 0 spiro atoms. The van der Waals surface area contributed by atoms with Gasteiger partial charge in [0, 0.05) is 22.5 Å². The monoisotopic (exact) mass is 309 g/mol. The number of aryl methyl sites for hydroxylation is 2. The first-order valence-corrected chi connectivity index (χ1v) is 6.70. The number of nitrogens with two attached hydrogens (primary N) is 1. The fourth-order valence-electron chi connectivity index (χ4n) is 1.69. The first-order chi connectivity index (χ1) is 8.56. The van der Waals surface area contributed by atoms with E-state index in [0.717, 1.165) is 28.4 Å². The molecule has 1 aromatic carbocycles. The molecule has 1 unspecified atom stereocenters. The minimum absolute atomic E-state index is 0.148. The van der Waals surface area contributed by atoms with Crippen molar-refractivity contribution in [3.63, 3.8) is 0 Å². The van der Waals surface area contributed by atoms with Gasteiger partial charge in [-0.05, 0) is 44.0 Å². The lowest BCUT2D eigenvalue weighted by atomic mass is 10.1. The molecule has 0 aliphatic heterocycles. The number of nitrogens with zero attached hydrogens (tertiary/aromatic N) is 2. The van der Waals surface area contributed by atoms with Gasteiger partial charge < -0.3 is 10.3 Å². The lowest BCUT2D eigenvalue weighted by Crippen LogP contribution is -2.15. The molecule has 0 fully saturated rings. The first kappa shape index (κ1) is 13.2. The highest BCUT2D eigenvalue weighted by Gasteiger charge is 2.11. The van der Waals surface area contributed by atoms with E-state index in [4.69, 9.17) is 10.3 Å². The van der Waals surface area contributed by atoms with Crippen LogP contribution in [0, 0.1) is 6.92 Å². The largest absolute Gasteiger partial charge is 0.339 e. The van der Waals surface area contributed by atoms with Crippen molar-refractivity contribution in [3.8, 4) is 11.4 Å². The van der Waals surface area contributed by atoms with Crippen molar-refractivity contribution in [1.82, 2.24) is 10.1 Å². The van der Waals surface area contributed by atoms with Crippen LogP contribution >= 0.6 is 15.9 Å². The Labute approximate surface area is 115 Å². The maximum Gasteiger partial charge on any atom is 0.227 e. The van der Waals surface area contributed by atoms with Crippen LogP contribution in [0.1, 0.15) is 24.8 Å². The molecule has 0 saturated carbocycles. The summed E-state index contributed by atoms with van der Waals surface area (Å²) in [6, 6.07) is 6.14. The second kappa shape index (κ2) is 5.63. The zero-order chi connectivity index (χ0) is 13.1. The van der Waals surface area contributed by atoms with Crippen LogP contribution in [0.2, 0.25) is 0 Å². The third-order valence-electron chi connectivity index (χ3n) is 2.71. The normalized spacial score (nSPS) is 12.7. The lowest BCUT2D eigenvalue weighted by molar-refractivity contribution is 0.372. The van der Waals surface area contributed by atoms with Crippen LogP contribution in [0.15, 0.2) is 27.2 Å². The zero-order valence-corrected chi connectivity index (χ0v) is 12.1. The van der Waals surface area contributed by atoms with Crippen molar-refractivity contribution in [2.45, 2.75) is 32.7 Å². The summed E-state index contributed by atoms with van der Waals surface area (Å²) in [7, 11) is 0. The van der Waals surface area contributed by atoms with Gasteiger partial charge in [-0.15, -0.1) is 0 Å². The smallest absolute Gasteiger partial charge is 0.227 e. The Kier molecular flexibility index (Phi) is 4.14. The molecule has 5 heteroatoms. The molecule has 2 rings (SSSR count). The van der Waals surface area contributed by atoms with E-state index in [1.54, 1.807) is 0 Å². The van der Waals surface area contributed by atoms with Crippen molar-refractivity contribution in [2.75, 3.05) is 0 Å². The van der Waals surface area contributed by atoms with Crippen LogP contribution < -0.4 is 5.73 Å². The van der Waals surface area contributed by atoms with Crippen molar-refractivity contribution >= 4 is 15.9 Å². The summed E-state index contributed by atoms with van der Waals surface area (Å²) in [5, 5.41) is 4.01. The predicted molar refractivity (Wildman–Crippen MR) is 74.1 cm³/mol. The van der Waals surface area contributed by atoms with Crippen LogP contribution in [0.25, 0.3) is 11.4 Å². The average Bonchev–Trinajstić information content (AvgIpc) is 2.75. The Balaban J connectivity index is 2.18. The van der Waals surface area contributed by atoms with Gasteiger partial charge >= 0.3 is 0 Å². The van der Waals surface area contributed by atoms with Crippen molar-refractivity contribution in [3.05, 3.63) is 34.1 Å². The molecule has 1 heterocycles. The van der Waals surface area contributed by atoms with Gasteiger partial charge in [0.15, 0.2) is 0 Å². The SMILES string of the molecule is Cc1cc(Br)ccc1-c1noc(CCC(C)N)n1. The molecule has 2 N–H and O–H groups in total. The summed E-state index contributed by atoms with van der Waals surface area (Å²) in [6.07, 6.45) is 1.57. The zero-order valence-electron chi connectivity index (χ0n) is 10.5. The van der Waals surface area contributed by atoms with E-state index in [1.807, 2.05) is 32.0 Å². The summed E-state index contributed by atoms with van der Waals surface area (Å²) in [5.41, 5.74) is 7.81. The average molecular weight is 310 g/mol. The van der Waals surface area contributed by atoms with Gasteiger partial charge in [-0.2, -0.15) is 4.98 Å². The third-order valence-corrected chi connectivity index (χ3v) is 3.20. The van der Waals surface area contributed by atoms with Crippen LogP contribution in [0.3, 0.4) is 0 Å². The number of hydrogen-bond donors (Lipinski definition) is 1. The van der Waals surface area contributed by atoms with E-state index >= 15 is 0 Å². The molecule has 0 radical (unpaired) electrons. The van der Waals surface area contributed by atoms with Gasteiger partial charge in [0.2, 0.25) is 11.7 Å². The highest BCUT2D eigenvalue weighted by atomic mass is 79.9. The number of benzene rings is 1. The standard InChI is InChI=1S/C13H16BrN3O/c1-8-7-10(14)4-5-11(8)13-16-12(18-17-13)6-3-9(2)15/h4-5,7,9H,3,6,15H2,1-2H3. The fourth-order valence-corrected chi connectivity index (χ4v) is 2.17.